The van der Waals surface area contributed by atoms with Gasteiger partial charge in [0.15, 0.2) is 0 Å². The van der Waals surface area contributed by atoms with Gasteiger partial charge in [0.05, 0.1) is 0 Å². The summed E-state index contributed by atoms with van der Waals surface area (Å²) < 4.78 is 22.7. The maximum atomic E-state index is 10.8. The van der Waals surface area contributed by atoms with Gasteiger partial charge in [0.2, 0.25) is 6.33 Å². The first-order valence-electron chi connectivity index (χ1n) is 2.94. The lowest BCUT2D eigenvalue weighted by molar-refractivity contribution is -0.392. The smallest absolute Gasteiger partial charge is 0.358 e. The van der Waals surface area contributed by atoms with Crippen LogP contribution >= 0.6 is 10.7 Å². The zero-order valence-electron chi connectivity index (χ0n) is 6.34. The molecule has 0 fully saturated rings. The van der Waals surface area contributed by atoms with Crippen molar-refractivity contribution in [2.75, 3.05) is 0 Å². The number of rotatable bonds is 2. The molecule has 13 heavy (non-hydrogen) atoms. The molecule has 0 aromatic carbocycles. The first-order valence-corrected chi connectivity index (χ1v) is 5.25. The van der Waals surface area contributed by atoms with Crippen LogP contribution in [0.1, 0.15) is 0 Å². The SMILES string of the molecule is Cn1cnc([N+](=O)[O-])c1S(=O)(=O)Cl. The van der Waals surface area contributed by atoms with Gasteiger partial charge in [-0.25, -0.2) is 8.42 Å². The van der Waals surface area contributed by atoms with Crippen LogP contribution in [0.25, 0.3) is 0 Å². The van der Waals surface area contributed by atoms with Gasteiger partial charge >= 0.3 is 5.82 Å². The minimum Gasteiger partial charge on any atom is -0.358 e. The average Bonchev–Trinajstić information content (AvgIpc) is 2.28. The van der Waals surface area contributed by atoms with Crippen molar-refractivity contribution in [1.82, 2.24) is 9.55 Å². The maximum absolute atomic E-state index is 10.8. The van der Waals surface area contributed by atoms with E-state index in [4.69, 9.17) is 10.7 Å². The molecule has 0 radical (unpaired) electrons. The van der Waals surface area contributed by atoms with Gasteiger partial charge in [-0.05, 0) is 9.91 Å². The van der Waals surface area contributed by atoms with E-state index in [9.17, 15) is 18.5 Å². The summed E-state index contributed by atoms with van der Waals surface area (Å²) in [5.74, 6) is -0.766. The number of aromatic nitrogens is 2. The van der Waals surface area contributed by atoms with Crippen LogP contribution in [-0.2, 0) is 16.1 Å². The van der Waals surface area contributed by atoms with Crippen LogP contribution in [-0.4, -0.2) is 22.9 Å². The highest BCUT2D eigenvalue weighted by molar-refractivity contribution is 8.13. The molecule has 7 nitrogen and oxygen atoms in total. The number of nitro groups is 1. The van der Waals surface area contributed by atoms with Crippen LogP contribution in [0, 0.1) is 10.1 Å². The number of hydrogen-bond acceptors (Lipinski definition) is 5. The fourth-order valence-electron chi connectivity index (χ4n) is 0.813. The molecule has 0 saturated carbocycles. The number of aryl methyl sites for hydroxylation is 1. The Morgan fingerprint density at radius 2 is 2.23 bits per heavy atom. The van der Waals surface area contributed by atoms with Gasteiger partial charge in [0.1, 0.15) is 0 Å². The van der Waals surface area contributed by atoms with Crippen LogP contribution in [0.5, 0.6) is 0 Å². The lowest BCUT2D eigenvalue weighted by Gasteiger charge is -1.95. The van der Waals surface area contributed by atoms with E-state index in [-0.39, 0.29) is 0 Å². The second-order valence-electron chi connectivity index (χ2n) is 2.18. The molecule has 1 aromatic rings. The normalized spacial score (nSPS) is 11.5. The highest BCUT2D eigenvalue weighted by Gasteiger charge is 2.29. The van der Waals surface area contributed by atoms with Gasteiger partial charge in [0.25, 0.3) is 14.1 Å². The summed E-state index contributed by atoms with van der Waals surface area (Å²) in [5, 5.41) is 9.68. The predicted molar refractivity (Wildman–Crippen MR) is 42.9 cm³/mol. The third-order valence-corrected chi connectivity index (χ3v) is 2.64. The van der Waals surface area contributed by atoms with E-state index in [0.29, 0.717) is 0 Å². The lowest BCUT2D eigenvalue weighted by Crippen LogP contribution is -2.02. The molecule has 0 aliphatic rings. The van der Waals surface area contributed by atoms with Crippen LogP contribution in [0.15, 0.2) is 11.4 Å². The van der Waals surface area contributed by atoms with Gasteiger partial charge in [-0.2, -0.15) is 0 Å². The zero-order chi connectivity index (χ0) is 10.2. The van der Waals surface area contributed by atoms with Crippen molar-refractivity contribution >= 4 is 25.6 Å². The molecule has 0 aliphatic heterocycles. The van der Waals surface area contributed by atoms with E-state index >= 15 is 0 Å². The Bertz CT molecular complexity index is 450. The highest BCUT2D eigenvalue weighted by Crippen LogP contribution is 2.23. The third-order valence-electron chi connectivity index (χ3n) is 1.27. The first-order chi connectivity index (χ1) is 5.84. The molecular formula is C4H4ClN3O4S. The van der Waals surface area contributed by atoms with Crippen LogP contribution < -0.4 is 0 Å². The number of imidazole rings is 1. The lowest BCUT2D eigenvalue weighted by atomic mass is 10.8. The quantitative estimate of drug-likeness (QED) is 0.409. The minimum atomic E-state index is -4.13. The van der Waals surface area contributed by atoms with Crippen LogP contribution in [0.3, 0.4) is 0 Å². The number of halogens is 1. The van der Waals surface area contributed by atoms with Gasteiger partial charge in [-0.1, -0.05) is 0 Å². The van der Waals surface area contributed by atoms with Gasteiger partial charge < -0.3 is 10.1 Å². The molecule has 0 atom stereocenters. The Morgan fingerprint density at radius 1 is 1.69 bits per heavy atom. The van der Waals surface area contributed by atoms with Crippen molar-refractivity contribution in [3.05, 3.63) is 16.4 Å². The van der Waals surface area contributed by atoms with Crippen LogP contribution in [0.4, 0.5) is 5.82 Å². The van der Waals surface area contributed by atoms with E-state index in [2.05, 4.69) is 4.98 Å². The number of nitrogens with zero attached hydrogens (tertiary/aromatic N) is 3. The Morgan fingerprint density at radius 3 is 2.54 bits per heavy atom. The van der Waals surface area contributed by atoms with Crippen LogP contribution in [0.2, 0.25) is 0 Å². The second kappa shape index (κ2) is 2.96. The number of hydrogen-bond donors (Lipinski definition) is 0. The molecule has 0 N–H and O–H groups in total. The standard InChI is InChI=1S/C4H4ClN3O4S/c1-7-2-6-3(8(9)10)4(7)13(5,11)12/h2H,1H3. The largest absolute Gasteiger partial charge is 0.402 e. The Hall–Kier alpha value is -1.15. The first kappa shape index (κ1) is 9.93. The summed E-state index contributed by atoms with van der Waals surface area (Å²) >= 11 is 0. The molecule has 1 rings (SSSR count). The molecule has 1 aromatic heterocycles. The molecule has 0 aliphatic carbocycles. The predicted octanol–water partition coefficient (Wildman–Crippen LogP) is 0.256. The summed E-state index contributed by atoms with van der Waals surface area (Å²) in [7, 11) is 2.13. The zero-order valence-corrected chi connectivity index (χ0v) is 7.91. The van der Waals surface area contributed by atoms with Crippen molar-refractivity contribution in [1.29, 1.82) is 0 Å². The van der Waals surface area contributed by atoms with Crippen molar-refractivity contribution < 1.29 is 13.3 Å². The molecule has 0 spiro atoms. The van der Waals surface area contributed by atoms with E-state index in [1.54, 1.807) is 0 Å². The minimum absolute atomic E-state index is 0.612. The summed E-state index contributed by atoms with van der Waals surface area (Å²) in [4.78, 5) is 12.7. The monoisotopic (exact) mass is 225 g/mol. The summed E-state index contributed by atoms with van der Waals surface area (Å²) in [6.45, 7) is 0. The fourth-order valence-corrected chi connectivity index (χ4v) is 2.08. The Labute approximate surface area is 77.5 Å². The Kier molecular flexibility index (Phi) is 2.26. The average molecular weight is 226 g/mol. The van der Waals surface area contributed by atoms with Crippen molar-refractivity contribution in [2.45, 2.75) is 5.03 Å². The highest BCUT2D eigenvalue weighted by atomic mass is 35.7. The van der Waals surface area contributed by atoms with Crippen molar-refractivity contribution in [2.24, 2.45) is 7.05 Å². The van der Waals surface area contributed by atoms with E-state index < -0.39 is 24.8 Å². The summed E-state index contributed by atoms with van der Waals surface area (Å²) in [6, 6.07) is 0. The van der Waals surface area contributed by atoms with E-state index in [1.807, 2.05) is 0 Å². The van der Waals surface area contributed by atoms with Gasteiger partial charge in [-0.3, -0.25) is 4.57 Å². The summed E-state index contributed by atoms with van der Waals surface area (Å²) in [6.07, 6.45) is 1.01. The molecular weight excluding hydrogens is 222 g/mol. The third kappa shape index (κ3) is 1.78. The van der Waals surface area contributed by atoms with Crippen molar-refractivity contribution in [3.8, 4) is 0 Å². The molecule has 1 heterocycles. The topological polar surface area (TPSA) is 95.1 Å². The second-order valence-corrected chi connectivity index (χ2v) is 4.66. The van der Waals surface area contributed by atoms with E-state index in [1.165, 1.54) is 7.05 Å². The molecule has 0 bridgehead atoms. The molecule has 72 valence electrons. The van der Waals surface area contributed by atoms with Gasteiger partial charge in [0, 0.05) is 17.7 Å². The Balaban J connectivity index is 3.51. The molecule has 0 amide bonds. The maximum Gasteiger partial charge on any atom is 0.402 e. The van der Waals surface area contributed by atoms with E-state index in [0.717, 1.165) is 10.9 Å². The molecule has 0 saturated heterocycles. The molecule has 9 heteroatoms. The summed E-state index contributed by atoms with van der Waals surface area (Å²) in [5.41, 5.74) is 0. The van der Waals surface area contributed by atoms with Gasteiger partial charge in [-0.15, -0.1) is 0 Å². The van der Waals surface area contributed by atoms with Crippen molar-refractivity contribution in [3.63, 3.8) is 0 Å². The fraction of sp³-hybridized carbons (Fsp3) is 0.250. The molecule has 0 unspecified atom stereocenters.